The van der Waals surface area contributed by atoms with Crippen molar-refractivity contribution in [2.24, 2.45) is 0 Å². The summed E-state index contributed by atoms with van der Waals surface area (Å²) in [4.78, 5) is 11.6. The van der Waals surface area contributed by atoms with Gasteiger partial charge >= 0.3 is 0 Å². The van der Waals surface area contributed by atoms with Crippen LogP contribution >= 0.6 is 11.6 Å². The Morgan fingerprint density at radius 3 is 2.70 bits per heavy atom. The first-order valence-electron chi connectivity index (χ1n) is 6.19. The van der Waals surface area contributed by atoms with Crippen molar-refractivity contribution in [2.45, 2.75) is 24.6 Å². The Hall–Kier alpha value is -1.33. The third kappa shape index (κ3) is 4.98. The maximum absolute atomic E-state index is 11.6. The number of hydrogen-bond donors (Lipinski definition) is 1. The molecule has 1 amide bonds. The van der Waals surface area contributed by atoms with Crippen LogP contribution in [0.1, 0.15) is 24.5 Å². The fourth-order valence-corrected chi connectivity index (χ4v) is 2.64. The van der Waals surface area contributed by atoms with Gasteiger partial charge in [0.15, 0.2) is 9.84 Å². The average molecular weight is 316 g/mol. The van der Waals surface area contributed by atoms with E-state index in [1.54, 1.807) is 6.08 Å². The molecule has 0 bridgehead atoms. The molecular formula is C14H18ClNO3S. The molecule has 0 fully saturated rings. The highest BCUT2D eigenvalue weighted by Gasteiger charge is 2.19. The molecule has 6 heteroatoms. The van der Waals surface area contributed by atoms with Gasteiger partial charge in [0.25, 0.3) is 0 Å². The Morgan fingerprint density at radius 1 is 1.45 bits per heavy atom. The predicted molar refractivity (Wildman–Crippen MR) is 82.1 cm³/mol. The predicted octanol–water partition coefficient (Wildman–Crippen LogP) is 2.34. The van der Waals surface area contributed by atoms with Crippen LogP contribution in [0.15, 0.2) is 30.8 Å². The Bertz CT molecular complexity index is 582. The quantitative estimate of drug-likeness (QED) is 0.785. The minimum Gasteiger partial charge on any atom is -0.352 e. The first kappa shape index (κ1) is 16.7. The van der Waals surface area contributed by atoms with Crippen LogP contribution in [0.2, 0.25) is 0 Å². The second kappa shape index (κ2) is 7.45. The van der Waals surface area contributed by atoms with Crippen molar-refractivity contribution in [2.75, 3.05) is 5.75 Å². The number of sulfone groups is 1. The summed E-state index contributed by atoms with van der Waals surface area (Å²) in [6.07, 6.45) is 1.62. The highest BCUT2D eigenvalue weighted by Crippen LogP contribution is 2.10. The summed E-state index contributed by atoms with van der Waals surface area (Å²) < 4.78 is 22.0. The Kier molecular flexibility index (Phi) is 6.23. The minimum absolute atomic E-state index is 0.0876. The van der Waals surface area contributed by atoms with Gasteiger partial charge in [0.2, 0.25) is 5.91 Å². The standard InChI is InChI=1S/C14H18ClNO3S/c1-3-12-6-4-5-7-13(12)10-16-14(17)8-9-20(18,19)11(2)15/h3-7,11H,1,8-10H2,2H3,(H,16,17). The molecule has 110 valence electrons. The van der Waals surface area contributed by atoms with Crippen LogP contribution < -0.4 is 5.32 Å². The number of carbonyl (C=O) groups is 1. The number of benzene rings is 1. The number of halogens is 1. The van der Waals surface area contributed by atoms with E-state index >= 15 is 0 Å². The summed E-state index contributed by atoms with van der Waals surface area (Å²) in [6, 6.07) is 7.54. The maximum atomic E-state index is 11.6. The minimum atomic E-state index is -3.40. The molecule has 0 saturated heterocycles. The van der Waals surface area contributed by atoms with Crippen LogP contribution in [0, 0.1) is 0 Å². The van der Waals surface area contributed by atoms with Gasteiger partial charge in [-0.2, -0.15) is 0 Å². The van der Waals surface area contributed by atoms with Gasteiger partial charge in [-0.25, -0.2) is 8.42 Å². The van der Waals surface area contributed by atoms with Gasteiger partial charge in [0.05, 0.1) is 5.75 Å². The zero-order valence-electron chi connectivity index (χ0n) is 11.3. The van der Waals surface area contributed by atoms with Crippen LogP contribution in [0.4, 0.5) is 0 Å². The van der Waals surface area contributed by atoms with Gasteiger partial charge in [-0.05, 0) is 18.1 Å². The van der Waals surface area contributed by atoms with E-state index in [1.165, 1.54) is 6.92 Å². The van der Waals surface area contributed by atoms with Gasteiger partial charge in [-0.1, -0.05) is 36.9 Å². The Balaban J connectivity index is 2.50. The van der Waals surface area contributed by atoms with Crippen molar-refractivity contribution in [3.05, 3.63) is 42.0 Å². The van der Waals surface area contributed by atoms with Crippen molar-refractivity contribution in [3.8, 4) is 0 Å². The Labute approximate surface area is 124 Å². The van der Waals surface area contributed by atoms with Crippen LogP contribution in [0.25, 0.3) is 6.08 Å². The number of rotatable bonds is 7. The number of nitrogens with one attached hydrogen (secondary N) is 1. The lowest BCUT2D eigenvalue weighted by atomic mass is 10.1. The first-order chi connectivity index (χ1) is 9.36. The van der Waals surface area contributed by atoms with Gasteiger partial charge in [0.1, 0.15) is 4.71 Å². The fourth-order valence-electron chi connectivity index (χ4n) is 1.57. The zero-order valence-corrected chi connectivity index (χ0v) is 12.9. The van der Waals surface area contributed by atoms with Crippen molar-refractivity contribution in [1.82, 2.24) is 5.32 Å². The molecule has 0 aliphatic carbocycles. The van der Waals surface area contributed by atoms with Crippen molar-refractivity contribution in [1.29, 1.82) is 0 Å². The molecule has 0 aromatic heterocycles. The monoisotopic (exact) mass is 315 g/mol. The lowest BCUT2D eigenvalue weighted by Gasteiger charge is -2.09. The van der Waals surface area contributed by atoms with Crippen LogP contribution in [0.3, 0.4) is 0 Å². The van der Waals surface area contributed by atoms with E-state index in [4.69, 9.17) is 11.6 Å². The van der Waals surface area contributed by atoms with Crippen LogP contribution in [-0.2, 0) is 21.2 Å². The van der Waals surface area contributed by atoms with Crippen LogP contribution in [0.5, 0.6) is 0 Å². The van der Waals surface area contributed by atoms with E-state index in [-0.39, 0.29) is 18.1 Å². The molecule has 1 rings (SSSR count). The van der Waals surface area contributed by atoms with E-state index < -0.39 is 14.5 Å². The summed E-state index contributed by atoms with van der Waals surface area (Å²) in [7, 11) is -3.40. The van der Waals surface area contributed by atoms with Gasteiger partial charge in [0, 0.05) is 13.0 Å². The SMILES string of the molecule is C=Cc1ccccc1CNC(=O)CCS(=O)(=O)C(C)Cl. The molecule has 0 radical (unpaired) electrons. The molecule has 1 unspecified atom stereocenters. The summed E-state index contributed by atoms with van der Waals surface area (Å²) >= 11 is 5.53. The van der Waals surface area contributed by atoms with Crippen molar-refractivity contribution >= 4 is 33.4 Å². The van der Waals surface area contributed by atoms with Gasteiger partial charge < -0.3 is 5.32 Å². The normalized spacial score (nSPS) is 12.7. The molecule has 1 atom stereocenters. The largest absolute Gasteiger partial charge is 0.352 e. The number of hydrogen-bond acceptors (Lipinski definition) is 3. The molecule has 20 heavy (non-hydrogen) atoms. The van der Waals surface area contributed by atoms with E-state index in [2.05, 4.69) is 11.9 Å². The average Bonchev–Trinajstić information content (AvgIpc) is 2.43. The van der Waals surface area contributed by atoms with E-state index in [0.717, 1.165) is 11.1 Å². The van der Waals surface area contributed by atoms with Crippen molar-refractivity contribution < 1.29 is 13.2 Å². The second-order valence-electron chi connectivity index (χ2n) is 4.34. The molecule has 1 N–H and O–H groups in total. The maximum Gasteiger partial charge on any atom is 0.221 e. The second-order valence-corrected chi connectivity index (χ2v) is 7.69. The smallest absolute Gasteiger partial charge is 0.221 e. The van der Waals surface area contributed by atoms with Gasteiger partial charge in [-0.3, -0.25) is 4.79 Å². The van der Waals surface area contributed by atoms with Gasteiger partial charge in [-0.15, -0.1) is 11.6 Å². The topological polar surface area (TPSA) is 63.2 Å². The third-order valence-electron chi connectivity index (χ3n) is 2.86. The number of carbonyl (C=O) groups excluding carboxylic acids is 1. The Morgan fingerprint density at radius 2 is 2.10 bits per heavy atom. The molecule has 1 aromatic carbocycles. The number of amides is 1. The first-order valence-corrected chi connectivity index (χ1v) is 8.34. The molecule has 0 aliphatic heterocycles. The lowest BCUT2D eigenvalue weighted by Crippen LogP contribution is -2.27. The molecule has 0 heterocycles. The van der Waals surface area contributed by atoms with E-state index in [9.17, 15) is 13.2 Å². The molecule has 0 spiro atoms. The highest BCUT2D eigenvalue weighted by molar-refractivity contribution is 7.93. The van der Waals surface area contributed by atoms with E-state index in [0.29, 0.717) is 6.54 Å². The fraction of sp³-hybridized carbons (Fsp3) is 0.357. The summed E-state index contributed by atoms with van der Waals surface area (Å²) in [5.74, 6) is -0.558. The van der Waals surface area contributed by atoms with Crippen molar-refractivity contribution in [3.63, 3.8) is 0 Å². The lowest BCUT2D eigenvalue weighted by molar-refractivity contribution is -0.120. The molecule has 0 saturated carbocycles. The summed E-state index contributed by atoms with van der Waals surface area (Å²) in [6.45, 7) is 5.43. The highest BCUT2D eigenvalue weighted by atomic mass is 35.5. The molecule has 4 nitrogen and oxygen atoms in total. The zero-order chi connectivity index (χ0) is 15.2. The summed E-state index contributed by atoms with van der Waals surface area (Å²) in [5.41, 5.74) is 1.87. The third-order valence-corrected chi connectivity index (χ3v) is 5.44. The number of alkyl halides is 1. The molecule has 1 aromatic rings. The summed E-state index contributed by atoms with van der Waals surface area (Å²) in [5, 5.41) is 2.69. The van der Waals surface area contributed by atoms with Crippen LogP contribution in [-0.4, -0.2) is 24.8 Å². The molecule has 0 aliphatic rings. The molecular weight excluding hydrogens is 298 g/mol. The van der Waals surface area contributed by atoms with E-state index in [1.807, 2.05) is 24.3 Å².